The molecule has 0 radical (unpaired) electrons. The van der Waals surface area contributed by atoms with Gasteiger partial charge in [0.25, 0.3) is 0 Å². The first-order valence-electron chi connectivity index (χ1n) is 6.04. The van der Waals surface area contributed by atoms with Crippen molar-refractivity contribution in [3.05, 3.63) is 0 Å². The molecular formula is C11H24N2O2S. The molecule has 1 rings (SSSR count). The van der Waals surface area contributed by atoms with Gasteiger partial charge in [-0.1, -0.05) is 0 Å². The van der Waals surface area contributed by atoms with Crippen LogP contribution < -0.4 is 5.32 Å². The molecule has 0 atom stereocenters. The molecular weight excluding hydrogens is 224 g/mol. The van der Waals surface area contributed by atoms with Gasteiger partial charge in [0.05, 0.1) is 5.75 Å². The van der Waals surface area contributed by atoms with Gasteiger partial charge in [-0.25, -0.2) is 8.42 Å². The number of piperidine rings is 1. The molecule has 5 heteroatoms. The Kier molecular flexibility index (Phi) is 5.72. The van der Waals surface area contributed by atoms with Crippen molar-refractivity contribution in [2.45, 2.75) is 19.3 Å². The van der Waals surface area contributed by atoms with Crippen LogP contribution in [0.25, 0.3) is 0 Å². The van der Waals surface area contributed by atoms with Gasteiger partial charge in [0.2, 0.25) is 0 Å². The molecule has 1 saturated heterocycles. The molecule has 1 heterocycles. The minimum atomic E-state index is -2.78. The van der Waals surface area contributed by atoms with Crippen LogP contribution in [0.3, 0.4) is 0 Å². The quantitative estimate of drug-likeness (QED) is 0.689. The van der Waals surface area contributed by atoms with E-state index in [1.165, 1.54) is 32.2 Å². The van der Waals surface area contributed by atoms with Crippen molar-refractivity contribution in [2.75, 3.05) is 45.2 Å². The molecule has 0 aromatic carbocycles. The van der Waals surface area contributed by atoms with E-state index in [9.17, 15) is 8.42 Å². The molecule has 0 aromatic rings. The topological polar surface area (TPSA) is 49.4 Å². The van der Waals surface area contributed by atoms with Crippen molar-refractivity contribution in [2.24, 2.45) is 5.92 Å². The van der Waals surface area contributed by atoms with Crippen molar-refractivity contribution in [3.8, 4) is 0 Å². The molecule has 0 aliphatic carbocycles. The lowest BCUT2D eigenvalue weighted by molar-refractivity contribution is 0.216. The zero-order valence-electron chi connectivity index (χ0n) is 10.4. The van der Waals surface area contributed by atoms with Gasteiger partial charge < -0.3 is 10.2 Å². The summed E-state index contributed by atoms with van der Waals surface area (Å²) >= 11 is 0. The minimum absolute atomic E-state index is 0.299. The molecule has 0 saturated carbocycles. The summed E-state index contributed by atoms with van der Waals surface area (Å²) in [7, 11) is -0.621. The molecule has 1 aliphatic heterocycles. The minimum Gasteiger partial charge on any atom is -0.316 e. The molecule has 1 N–H and O–H groups in total. The third-order valence-corrected chi connectivity index (χ3v) is 4.17. The highest BCUT2D eigenvalue weighted by atomic mass is 32.2. The van der Waals surface area contributed by atoms with E-state index in [2.05, 4.69) is 17.3 Å². The number of hydrogen-bond donors (Lipinski definition) is 1. The third-order valence-electron chi connectivity index (χ3n) is 3.14. The summed E-state index contributed by atoms with van der Waals surface area (Å²) in [5.41, 5.74) is 0. The standard InChI is InChI=1S/C11H24N2O2S/c1-13-7-4-11(5-8-13)10-12-6-3-9-16(2,14)15/h11-12H,3-10H2,1-2H3. The van der Waals surface area contributed by atoms with Crippen LogP contribution in [0, 0.1) is 5.92 Å². The van der Waals surface area contributed by atoms with Crippen LogP contribution in [-0.2, 0) is 9.84 Å². The van der Waals surface area contributed by atoms with E-state index in [-0.39, 0.29) is 0 Å². The number of hydrogen-bond acceptors (Lipinski definition) is 4. The maximum Gasteiger partial charge on any atom is 0.147 e. The zero-order valence-corrected chi connectivity index (χ0v) is 11.2. The number of sulfone groups is 1. The van der Waals surface area contributed by atoms with E-state index in [0.717, 1.165) is 25.4 Å². The lowest BCUT2D eigenvalue weighted by atomic mass is 9.97. The van der Waals surface area contributed by atoms with Gasteiger partial charge in [-0.05, 0) is 58.4 Å². The fraction of sp³-hybridized carbons (Fsp3) is 1.00. The smallest absolute Gasteiger partial charge is 0.147 e. The van der Waals surface area contributed by atoms with E-state index in [1.807, 2.05) is 0 Å². The van der Waals surface area contributed by atoms with E-state index >= 15 is 0 Å². The fourth-order valence-electron chi connectivity index (χ4n) is 2.03. The second-order valence-corrected chi connectivity index (χ2v) is 7.19. The van der Waals surface area contributed by atoms with Gasteiger partial charge in [-0.3, -0.25) is 0 Å². The third kappa shape index (κ3) is 6.45. The molecule has 1 aliphatic rings. The van der Waals surface area contributed by atoms with E-state index < -0.39 is 9.84 Å². The molecule has 0 spiro atoms. The number of nitrogens with one attached hydrogen (secondary N) is 1. The summed E-state index contributed by atoms with van der Waals surface area (Å²) in [6, 6.07) is 0. The number of nitrogens with zero attached hydrogens (tertiary/aromatic N) is 1. The molecule has 1 fully saturated rings. The van der Waals surface area contributed by atoms with E-state index in [0.29, 0.717) is 5.75 Å². The molecule has 96 valence electrons. The van der Waals surface area contributed by atoms with E-state index in [1.54, 1.807) is 0 Å². The van der Waals surface area contributed by atoms with Crippen molar-refractivity contribution in [1.29, 1.82) is 0 Å². The molecule has 4 nitrogen and oxygen atoms in total. The van der Waals surface area contributed by atoms with Gasteiger partial charge in [0, 0.05) is 6.26 Å². The predicted molar refractivity (Wildman–Crippen MR) is 67.4 cm³/mol. The second kappa shape index (κ2) is 6.57. The Morgan fingerprint density at radius 3 is 2.50 bits per heavy atom. The summed E-state index contributed by atoms with van der Waals surface area (Å²) in [5.74, 6) is 1.07. The zero-order chi connectivity index (χ0) is 12.0. The van der Waals surface area contributed by atoms with E-state index in [4.69, 9.17) is 0 Å². The maximum absolute atomic E-state index is 10.9. The van der Waals surface area contributed by atoms with Gasteiger partial charge in [-0.2, -0.15) is 0 Å². The lowest BCUT2D eigenvalue weighted by Gasteiger charge is -2.29. The molecule has 0 bridgehead atoms. The average molecular weight is 248 g/mol. The highest BCUT2D eigenvalue weighted by molar-refractivity contribution is 7.90. The largest absolute Gasteiger partial charge is 0.316 e. The SMILES string of the molecule is CN1CCC(CNCCCS(C)(=O)=O)CC1. The van der Waals surface area contributed by atoms with Crippen LogP contribution in [0.1, 0.15) is 19.3 Å². The normalized spacial score (nSPS) is 20.1. The Hall–Kier alpha value is -0.130. The Morgan fingerprint density at radius 1 is 1.31 bits per heavy atom. The first-order chi connectivity index (χ1) is 7.47. The molecule has 16 heavy (non-hydrogen) atoms. The monoisotopic (exact) mass is 248 g/mol. The van der Waals surface area contributed by atoms with Crippen molar-refractivity contribution in [3.63, 3.8) is 0 Å². The Morgan fingerprint density at radius 2 is 1.94 bits per heavy atom. The summed E-state index contributed by atoms with van der Waals surface area (Å²) in [6.45, 7) is 4.24. The first kappa shape index (κ1) is 13.9. The van der Waals surface area contributed by atoms with Crippen molar-refractivity contribution < 1.29 is 8.42 Å². The Balaban J connectivity index is 1.99. The van der Waals surface area contributed by atoms with Crippen LogP contribution in [0.15, 0.2) is 0 Å². The van der Waals surface area contributed by atoms with Gasteiger partial charge in [0.15, 0.2) is 0 Å². The first-order valence-corrected chi connectivity index (χ1v) is 8.10. The molecule has 0 amide bonds. The molecule has 0 unspecified atom stereocenters. The van der Waals surface area contributed by atoms with Crippen molar-refractivity contribution >= 4 is 9.84 Å². The summed E-state index contributed by atoms with van der Waals surface area (Å²) in [4.78, 5) is 2.36. The molecule has 0 aromatic heterocycles. The highest BCUT2D eigenvalue weighted by Gasteiger charge is 2.15. The maximum atomic E-state index is 10.9. The van der Waals surface area contributed by atoms with Gasteiger partial charge >= 0.3 is 0 Å². The van der Waals surface area contributed by atoms with Crippen LogP contribution in [-0.4, -0.2) is 58.6 Å². The summed E-state index contributed by atoms with van der Waals surface area (Å²) < 4.78 is 21.8. The summed E-state index contributed by atoms with van der Waals surface area (Å²) in [5, 5.41) is 3.36. The van der Waals surface area contributed by atoms with Crippen molar-refractivity contribution in [1.82, 2.24) is 10.2 Å². The van der Waals surface area contributed by atoms with Crippen LogP contribution in [0.5, 0.6) is 0 Å². The fourth-order valence-corrected chi connectivity index (χ4v) is 2.70. The van der Waals surface area contributed by atoms with Crippen LogP contribution >= 0.6 is 0 Å². The average Bonchev–Trinajstić information content (AvgIpc) is 2.19. The number of likely N-dealkylation sites (tertiary alicyclic amines) is 1. The van der Waals surface area contributed by atoms with Gasteiger partial charge in [-0.15, -0.1) is 0 Å². The Labute approximate surface area is 99.3 Å². The second-order valence-electron chi connectivity index (χ2n) is 4.93. The Bertz CT molecular complexity index is 282. The lowest BCUT2D eigenvalue weighted by Crippen LogP contribution is -2.35. The van der Waals surface area contributed by atoms with Crippen LogP contribution in [0.4, 0.5) is 0 Å². The predicted octanol–water partition coefficient (Wildman–Crippen LogP) is 0.353. The number of rotatable bonds is 6. The van der Waals surface area contributed by atoms with Crippen LogP contribution in [0.2, 0.25) is 0 Å². The van der Waals surface area contributed by atoms with Gasteiger partial charge in [0.1, 0.15) is 9.84 Å². The highest BCUT2D eigenvalue weighted by Crippen LogP contribution is 2.14. The summed E-state index contributed by atoms with van der Waals surface area (Å²) in [6.07, 6.45) is 4.54.